The summed E-state index contributed by atoms with van der Waals surface area (Å²) in [5.41, 5.74) is 5.56. The zero-order valence-electron chi connectivity index (χ0n) is 10.0. The van der Waals surface area contributed by atoms with Gasteiger partial charge in [-0.25, -0.2) is 0 Å². The maximum Gasteiger partial charge on any atom is 0.226 e. The number of rotatable bonds is 3. The Bertz CT molecular complexity index is 243. The van der Waals surface area contributed by atoms with Crippen LogP contribution in [0.15, 0.2) is 0 Å². The van der Waals surface area contributed by atoms with E-state index in [2.05, 4.69) is 4.90 Å². The van der Waals surface area contributed by atoms with Gasteiger partial charge in [-0.15, -0.1) is 12.4 Å². The maximum atomic E-state index is 12.1. The van der Waals surface area contributed by atoms with Crippen molar-refractivity contribution in [2.24, 2.45) is 17.6 Å². The monoisotopic (exact) mass is 246 g/mol. The van der Waals surface area contributed by atoms with Crippen molar-refractivity contribution in [1.82, 2.24) is 4.90 Å². The average molecular weight is 247 g/mol. The molecule has 1 heterocycles. The second kappa shape index (κ2) is 5.87. The van der Waals surface area contributed by atoms with Gasteiger partial charge >= 0.3 is 0 Å². The van der Waals surface area contributed by atoms with Crippen LogP contribution in [0.2, 0.25) is 0 Å². The molecule has 94 valence electrons. The Kier molecular flexibility index (Phi) is 5.06. The molecule has 0 aromatic carbocycles. The van der Waals surface area contributed by atoms with Crippen LogP contribution in [-0.2, 0) is 4.79 Å². The smallest absolute Gasteiger partial charge is 0.226 e. The number of halogens is 1. The van der Waals surface area contributed by atoms with Gasteiger partial charge in [-0.3, -0.25) is 4.79 Å². The SMILES string of the molecule is CC(CN)C(=O)N1CCCC1C1CCC1.Cl. The van der Waals surface area contributed by atoms with Crippen LogP contribution in [0.5, 0.6) is 0 Å². The summed E-state index contributed by atoms with van der Waals surface area (Å²) in [4.78, 5) is 14.2. The molecule has 2 rings (SSSR count). The lowest BCUT2D eigenvalue weighted by atomic mass is 9.78. The van der Waals surface area contributed by atoms with Crippen LogP contribution in [0.25, 0.3) is 0 Å². The van der Waals surface area contributed by atoms with Crippen LogP contribution in [-0.4, -0.2) is 29.9 Å². The van der Waals surface area contributed by atoms with Crippen LogP contribution in [0.3, 0.4) is 0 Å². The lowest BCUT2D eigenvalue weighted by molar-refractivity contribution is -0.137. The molecule has 0 spiro atoms. The summed E-state index contributed by atoms with van der Waals surface area (Å²) >= 11 is 0. The number of carbonyl (C=O) groups is 1. The molecule has 1 aliphatic carbocycles. The molecule has 2 N–H and O–H groups in total. The summed E-state index contributed by atoms with van der Waals surface area (Å²) in [7, 11) is 0. The largest absolute Gasteiger partial charge is 0.339 e. The summed E-state index contributed by atoms with van der Waals surface area (Å²) in [5, 5.41) is 0. The molecule has 3 nitrogen and oxygen atoms in total. The lowest BCUT2D eigenvalue weighted by Gasteiger charge is -2.37. The first kappa shape index (κ1) is 13.8. The number of likely N-dealkylation sites (tertiary alicyclic amines) is 1. The van der Waals surface area contributed by atoms with Gasteiger partial charge in [0.25, 0.3) is 0 Å². The number of hydrogen-bond acceptors (Lipinski definition) is 2. The molecule has 1 aliphatic heterocycles. The molecule has 2 unspecified atom stereocenters. The van der Waals surface area contributed by atoms with E-state index in [1.165, 1.54) is 32.1 Å². The van der Waals surface area contributed by atoms with Crippen LogP contribution in [0.4, 0.5) is 0 Å². The van der Waals surface area contributed by atoms with Crippen molar-refractivity contribution in [3.63, 3.8) is 0 Å². The van der Waals surface area contributed by atoms with E-state index in [-0.39, 0.29) is 24.2 Å². The first-order valence-corrected chi connectivity index (χ1v) is 6.24. The zero-order valence-corrected chi connectivity index (χ0v) is 10.8. The normalized spacial score (nSPS) is 27.1. The zero-order chi connectivity index (χ0) is 10.8. The molecule has 16 heavy (non-hydrogen) atoms. The Hall–Kier alpha value is -0.280. The van der Waals surface area contributed by atoms with Gasteiger partial charge in [-0.05, 0) is 31.6 Å². The second-order valence-corrected chi connectivity index (χ2v) is 5.07. The molecule has 0 aromatic heterocycles. The fourth-order valence-corrected chi connectivity index (χ4v) is 2.76. The van der Waals surface area contributed by atoms with E-state index in [9.17, 15) is 4.79 Å². The fraction of sp³-hybridized carbons (Fsp3) is 0.917. The molecular weight excluding hydrogens is 224 g/mol. The first-order valence-electron chi connectivity index (χ1n) is 6.24. The molecule has 2 aliphatic rings. The topological polar surface area (TPSA) is 46.3 Å². The standard InChI is InChI=1S/C12H22N2O.ClH/c1-9(8-13)12(15)14-7-3-6-11(14)10-4-2-5-10;/h9-11H,2-8,13H2,1H3;1H. The fourth-order valence-electron chi connectivity index (χ4n) is 2.76. The highest BCUT2D eigenvalue weighted by atomic mass is 35.5. The predicted octanol–water partition coefficient (Wildman–Crippen LogP) is 1.79. The van der Waals surface area contributed by atoms with Gasteiger partial charge in [0.1, 0.15) is 0 Å². The maximum absolute atomic E-state index is 12.1. The molecule has 4 heteroatoms. The van der Waals surface area contributed by atoms with Crippen molar-refractivity contribution >= 4 is 18.3 Å². The van der Waals surface area contributed by atoms with Gasteiger partial charge in [-0.1, -0.05) is 13.3 Å². The summed E-state index contributed by atoms with van der Waals surface area (Å²) in [6.45, 7) is 3.38. The van der Waals surface area contributed by atoms with Crippen molar-refractivity contribution in [3.05, 3.63) is 0 Å². The summed E-state index contributed by atoms with van der Waals surface area (Å²) in [6.07, 6.45) is 6.41. The molecule has 2 fully saturated rings. The molecule has 2 atom stereocenters. The predicted molar refractivity (Wildman–Crippen MR) is 67.5 cm³/mol. The number of amides is 1. The average Bonchev–Trinajstić information content (AvgIpc) is 2.61. The lowest BCUT2D eigenvalue weighted by Crippen LogP contribution is -2.45. The van der Waals surface area contributed by atoms with Gasteiger partial charge in [0.15, 0.2) is 0 Å². The third kappa shape index (κ3) is 2.51. The van der Waals surface area contributed by atoms with Crippen LogP contribution in [0.1, 0.15) is 39.0 Å². The quantitative estimate of drug-likeness (QED) is 0.826. The van der Waals surface area contributed by atoms with E-state index in [0.29, 0.717) is 12.6 Å². The molecular formula is C12H23ClN2O. The molecule has 0 radical (unpaired) electrons. The van der Waals surface area contributed by atoms with Crippen molar-refractivity contribution in [3.8, 4) is 0 Å². The summed E-state index contributed by atoms with van der Waals surface area (Å²) in [5.74, 6) is 1.08. The highest BCUT2D eigenvalue weighted by Crippen LogP contribution is 2.37. The molecule has 1 saturated heterocycles. The third-order valence-electron chi connectivity index (χ3n) is 4.05. The third-order valence-corrected chi connectivity index (χ3v) is 4.05. The first-order chi connectivity index (χ1) is 7.24. The van der Waals surface area contributed by atoms with Crippen molar-refractivity contribution in [2.75, 3.05) is 13.1 Å². The highest BCUT2D eigenvalue weighted by Gasteiger charge is 2.38. The molecule has 1 saturated carbocycles. The molecule has 0 bridgehead atoms. The minimum atomic E-state index is 0. The van der Waals surface area contributed by atoms with Crippen molar-refractivity contribution < 1.29 is 4.79 Å². The van der Waals surface area contributed by atoms with Crippen molar-refractivity contribution in [1.29, 1.82) is 0 Å². The van der Waals surface area contributed by atoms with Crippen molar-refractivity contribution in [2.45, 2.75) is 45.1 Å². The van der Waals surface area contributed by atoms with Crippen LogP contribution < -0.4 is 5.73 Å². The Morgan fingerprint density at radius 1 is 1.38 bits per heavy atom. The number of nitrogens with two attached hydrogens (primary N) is 1. The van der Waals surface area contributed by atoms with E-state index in [0.717, 1.165) is 12.5 Å². The molecule has 0 aromatic rings. The Morgan fingerprint density at radius 3 is 2.56 bits per heavy atom. The van der Waals surface area contributed by atoms with Gasteiger partial charge in [0.2, 0.25) is 5.91 Å². The minimum absolute atomic E-state index is 0. The Balaban J connectivity index is 0.00000128. The summed E-state index contributed by atoms with van der Waals surface area (Å²) < 4.78 is 0. The Morgan fingerprint density at radius 2 is 2.06 bits per heavy atom. The van der Waals surface area contributed by atoms with Gasteiger partial charge < -0.3 is 10.6 Å². The van der Waals surface area contributed by atoms with E-state index in [1.54, 1.807) is 0 Å². The van der Waals surface area contributed by atoms with E-state index in [4.69, 9.17) is 5.73 Å². The number of hydrogen-bond donors (Lipinski definition) is 1. The summed E-state index contributed by atoms with van der Waals surface area (Å²) in [6, 6.07) is 0.542. The number of nitrogens with zero attached hydrogens (tertiary/aromatic N) is 1. The van der Waals surface area contributed by atoms with Crippen LogP contribution in [0, 0.1) is 11.8 Å². The van der Waals surface area contributed by atoms with Crippen LogP contribution >= 0.6 is 12.4 Å². The Labute approximate surface area is 104 Å². The van der Waals surface area contributed by atoms with E-state index in [1.807, 2.05) is 6.92 Å². The van der Waals surface area contributed by atoms with Gasteiger partial charge in [-0.2, -0.15) is 0 Å². The van der Waals surface area contributed by atoms with E-state index < -0.39 is 0 Å². The highest BCUT2D eigenvalue weighted by molar-refractivity contribution is 5.85. The van der Waals surface area contributed by atoms with E-state index >= 15 is 0 Å². The molecule has 1 amide bonds. The minimum Gasteiger partial charge on any atom is -0.339 e. The number of carbonyl (C=O) groups excluding carboxylic acids is 1. The van der Waals surface area contributed by atoms with Gasteiger partial charge in [0.05, 0.1) is 0 Å². The van der Waals surface area contributed by atoms with Gasteiger partial charge in [0, 0.05) is 25.0 Å². The second-order valence-electron chi connectivity index (χ2n) is 5.07.